The zero-order valence-electron chi connectivity index (χ0n) is 76.1. The van der Waals surface area contributed by atoms with Crippen molar-refractivity contribution in [3.63, 3.8) is 0 Å². The number of azide groups is 1. The number of aromatic amines is 1. The maximum Gasteiger partial charge on any atom is 0.326 e. The van der Waals surface area contributed by atoms with Gasteiger partial charge in [0.15, 0.2) is 5.96 Å². The van der Waals surface area contributed by atoms with Crippen molar-refractivity contribution in [1.82, 2.24) is 114 Å². The topological polar surface area (TPSA) is 824 Å². The first-order valence-electron chi connectivity index (χ1n) is 44.2. The summed E-state index contributed by atoms with van der Waals surface area (Å²) >= 11 is 0. The van der Waals surface area contributed by atoms with E-state index in [1.165, 1.54) is 63.9 Å². The van der Waals surface area contributed by atoms with Gasteiger partial charge in [-0.15, -0.1) is 0 Å². The van der Waals surface area contributed by atoms with Gasteiger partial charge in [0.2, 0.25) is 112 Å². The molecule has 5 fully saturated rings. The van der Waals surface area contributed by atoms with E-state index in [4.69, 9.17) is 16.7 Å². The monoisotopic (exact) mass is 1910 g/mol. The number of nitrogens with one attached hydrogen (secondary N) is 17. The van der Waals surface area contributed by atoms with Crippen LogP contribution in [0.1, 0.15) is 151 Å². The number of aliphatic hydroxyl groups excluding tert-OH is 5. The van der Waals surface area contributed by atoms with Gasteiger partial charge >= 0.3 is 11.9 Å². The molecule has 0 unspecified atom stereocenters. The maximum atomic E-state index is 14.7. The number of nitrogens with zero attached hydrogens (tertiary/aromatic N) is 9. The van der Waals surface area contributed by atoms with Gasteiger partial charge in [-0.3, -0.25) is 101 Å². The molecule has 748 valence electrons. The molecule has 5 aliphatic rings. The first kappa shape index (κ1) is 110. The number of guanidine groups is 1. The highest BCUT2D eigenvalue weighted by molar-refractivity contribution is 6.03. The second-order valence-electron chi connectivity index (χ2n) is 33.9. The second-order valence-corrected chi connectivity index (χ2v) is 33.9. The lowest BCUT2D eigenvalue weighted by Gasteiger charge is -2.33. The van der Waals surface area contributed by atoms with E-state index in [1.807, 2.05) is 0 Å². The van der Waals surface area contributed by atoms with Crippen molar-refractivity contribution in [3.8, 4) is 0 Å². The van der Waals surface area contributed by atoms with Gasteiger partial charge in [-0.05, 0) is 137 Å². The fourth-order valence-electron chi connectivity index (χ4n) is 15.9. The summed E-state index contributed by atoms with van der Waals surface area (Å²) in [7, 11) is 0. The normalized spacial score (nSPS) is 20.4. The number of amides is 19. The molecule has 55 heteroatoms. The third-order valence-corrected chi connectivity index (χ3v) is 23.1. The third kappa shape index (κ3) is 31.6. The van der Waals surface area contributed by atoms with Crippen LogP contribution in [0.4, 0.5) is 0 Å². The van der Waals surface area contributed by atoms with Crippen LogP contribution >= 0.6 is 0 Å². The number of carboxylic acid groups (broad SMARTS) is 2. The molecule has 5 aliphatic heterocycles. The molecule has 5 saturated heterocycles. The number of rotatable bonds is 49. The Bertz CT molecular complexity index is 4530. The van der Waals surface area contributed by atoms with E-state index in [-0.39, 0.29) is 110 Å². The largest absolute Gasteiger partial charge is 0.481 e. The molecule has 1 aromatic rings. The van der Waals surface area contributed by atoms with E-state index in [9.17, 15) is 136 Å². The van der Waals surface area contributed by atoms with E-state index in [0.717, 1.165) is 35.5 Å². The molecule has 0 aromatic carbocycles. The number of imidazole rings is 1. The second kappa shape index (κ2) is 52.2. The molecular formula is C80H125N27O28. The Kier molecular flexibility index (Phi) is 42.6. The molecule has 1 aromatic heterocycles. The van der Waals surface area contributed by atoms with Gasteiger partial charge in [-0.25, -0.2) is 9.78 Å². The van der Waals surface area contributed by atoms with Crippen LogP contribution in [0.2, 0.25) is 0 Å². The number of carbonyl (C=O) groups excluding carboxylic acids is 19. The van der Waals surface area contributed by atoms with Crippen LogP contribution in [-0.4, -0.2) is 393 Å². The number of hydrogen-bond acceptors (Lipinski definition) is 29. The number of carbonyl (C=O) groups is 21. The summed E-state index contributed by atoms with van der Waals surface area (Å²) in [5, 5.41) is 118. The summed E-state index contributed by atoms with van der Waals surface area (Å²) < 4.78 is 0. The minimum atomic E-state index is -2.04. The molecule has 26 N–H and O–H groups in total. The Morgan fingerprint density at radius 3 is 1.33 bits per heavy atom. The molecule has 55 nitrogen and oxygen atoms in total. The molecule has 0 bridgehead atoms. The Balaban J connectivity index is 1.00. The van der Waals surface area contributed by atoms with Crippen LogP contribution in [0.5, 0.6) is 0 Å². The molecule has 0 radical (unpaired) electrons. The standard InChI is InChI=1S/C80H125N27O28/c1-36(2)58(98-56(114)32-88-102-83)70(125)101-61(43(9)112)73(128)97-49(34-109)64(119)90-38(4)74(129)104-24-12-20-53(104)69(124)95-46(29-57(115)116)63(118)99-60(42(8)111)72(127)94-45(16-10-22-85-80(81)82)77(132)105-25-13-18-51(105)68(123)91-39(5)75(130)103-23-11-17-50(103)66(121)86-31-55(113)93-48(33-108)65(120)100-59(41(7)110)71(126)92-40(6)76(131)107-27-15-21-54(107)78(133)106-26-14-19-52(106)67(122)89-37(3)62(117)96-47(79(134)135)28-44-30-84-35-87-44/h30,35-43,45-54,58-61,108-112H,10-29,31-34H2,1-9H3,(H,84,87)(H,86,121)(H,89,122)(H,90,119)(H,91,123)(H,92,126)(H,93,113)(H,94,127)(H,95,124)(H,96,117)(H,97,128)(H,98,114)(H,99,118)(H,100,120)(H,101,125)(H,115,116)(H,134,135)(H4,81,82,85)/t37-,38-,39-,40-,41+,42+,43+,45-,46-,47-,48-,49-,50-,51-,52-,53-,54-,58-,59-,60-,61-/m0/s1. The first-order chi connectivity index (χ1) is 63.7. The average Bonchev–Trinajstić information content (AvgIpc) is 1.69. The summed E-state index contributed by atoms with van der Waals surface area (Å²) in [4.78, 5) is 301. The Labute approximate surface area is 773 Å². The molecule has 19 amide bonds. The lowest BCUT2D eigenvalue weighted by atomic mass is 10.0. The highest BCUT2D eigenvalue weighted by atomic mass is 16.4. The van der Waals surface area contributed by atoms with Crippen LogP contribution in [0.15, 0.2) is 17.6 Å². The molecule has 0 saturated carbocycles. The fourth-order valence-corrected chi connectivity index (χ4v) is 15.9. The number of aliphatic carboxylic acids is 2. The van der Waals surface area contributed by atoms with Crippen LogP contribution in [0.3, 0.4) is 0 Å². The van der Waals surface area contributed by atoms with Gasteiger partial charge in [0.25, 0.3) is 0 Å². The Morgan fingerprint density at radius 1 is 0.459 bits per heavy atom. The summed E-state index contributed by atoms with van der Waals surface area (Å²) in [6.07, 6.45) is -2.29. The first-order valence-corrected chi connectivity index (χ1v) is 44.2. The number of likely N-dealkylation sites (tertiary alicyclic amines) is 5. The quantitative estimate of drug-likeness (QED) is 0.00719. The molecular weight excluding hydrogens is 1790 g/mol. The molecule has 6 heterocycles. The van der Waals surface area contributed by atoms with Crippen molar-refractivity contribution in [2.75, 3.05) is 65.6 Å². The number of carboxylic acids is 2. The van der Waals surface area contributed by atoms with Crippen molar-refractivity contribution in [3.05, 3.63) is 28.7 Å². The third-order valence-electron chi connectivity index (χ3n) is 23.1. The highest BCUT2D eigenvalue weighted by Crippen LogP contribution is 2.28. The minimum Gasteiger partial charge on any atom is -0.481 e. The van der Waals surface area contributed by atoms with Crippen molar-refractivity contribution in [2.45, 2.75) is 279 Å². The summed E-state index contributed by atoms with van der Waals surface area (Å²) in [5.41, 5.74) is 14.4. The predicted octanol–water partition coefficient (Wildman–Crippen LogP) is -11.7. The van der Waals surface area contributed by atoms with Crippen LogP contribution in [0, 0.1) is 11.3 Å². The zero-order chi connectivity index (χ0) is 101. The molecule has 135 heavy (non-hydrogen) atoms. The smallest absolute Gasteiger partial charge is 0.326 e. The van der Waals surface area contributed by atoms with Gasteiger partial charge in [0, 0.05) is 56.8 Å². The fraction of sp³-hybridized carbons (Fsp3) is 0.688. The molecule has 21 atom stereocenters. The predicted molar refractivity (Wildman–Crippen MR) is 464 cm³/mol. The maximum absolute atomic E-state index is 14.7. The van der Waals surface area contributed by atoms with E-state index >= 15 is 0 Å². The van der Waals surface area contributed by atoms with Gasteiger partial charge < -0.3 is 151 Å². The van der Waals surface area contributed by atoms with Crippen molar-refractivity contribution >= 4 is 130 Å². The van der Waals surface area contributed by atoms with Crippen molar-refractivity contribution < 1.29 is 136 Å². The highest BCUT2D eigenvalue weighted by Gasteiger charge is 2.48. The Hall–Kier alpha value is -13.5. The lowest BCUT2D eigenvalue weighted by Crippen LogP contribution is -2.62. The number of hydrogen-bond donors (Lipinski definition) is 25. The van der Waals surface area contributed by atoms with E-state index in [1.54, 1.807) is 0 Å². The van der Waals surface area contributed by atoms with Crippen molar-refractivity contribution in [1.29, 1.82) is 5.41 Å². The summed E-state index contributed by atoms with van der Waals surface area (Å²) in [6, 6.07) is -27.4. The summed E-state index contributed by atoms with van der Waals surface area (Å²) in [6.45, 7) is 7.55. The van der Waals surface area contributed by atoms with Crippen LogP contribution < -0.4 is 85.5 Å². The number of H-pyrrole nitrogens is 1. The van der Waals surface area contributed by atoms with E-state index in [0.29, 0.717) is 18.5 Å². The van der Waals surface area contributed by atoms with E-state index < -0.39 is 296 Å². The van der Waals surface area contributed by atoms with Gasteiger partial charge in [-0.1, -0.05) is 19.0 Å². The van der Waals surface area contributed by atoms with Crippen LogP contribution in [0.25, 0.3) is 10.4 Å². The van der Waals surface area contributed by atoms with Gasteiger partial charge in [-0.2, -0.15) is 0 Å². The van der Waals surface area contributed by atoms with Gasteiger partial charge in [0.1, 0.15) is 115 Å². The zero-order valence-corrected chi connectivity index (χ0v) is 76.1. The van der Waals surface area contributed by atoms with E-state index in [2.05, 4.69) is 99.7 Å². The lowest BCUT2D eigenvalue weighted by molar-refractivity contribution is -0.148. The average molecular weight is 1910 g/mol. The molecule has 0 spiro atoms. The molecule has 0 aliphatic carbocycles. The van der Waals surface area contributed by atoms with Gasteiger partial charge in [0.05, 0.1) is 56.5 Å². The van der Waals surface area contributed by atoms with Crippen molar-refractivity contribution in [2.24, 2.45) is 16.8 Å². The number of nitrogens with two attached hydrogens (primary N) is 1. The molecule has 6 rings (SSSR count). The summed E-state index contributed by atoms with van der Waals surface area (Å²) in [5.74, 6) is -22.6. The number of aliphatic hydroxyl groups is 5. The minimum absolute atomic E-state index is 0.00743. The SMILES string of the molecule is CC(C)[C@H](NC(=O)CN=[N+]=[N-])C(=O)N[C@H](C(=O)N[C@@H](CO)C(=O)N[C@@H](C)C(=O)N1CCC[C@H]1C(=O)N[C@@H](CC(=O)O)C(=O)N[C@H](C(=O)N[C@@H](CCCNC(=N)N)C(=O)N1CCC[C@H]1C(=O)N[C@@H](C)C(=O)N1CCC[C@H]1C(=O)NCC(=O)N[C@@H](CO)C(=O)N[C@H](C(=O)N[C@@H](C)C(=O)N1CCC[C@H]1C(=O)N1CCC[C@H]1C(=O)N[C@@H](C)C(=O)N[C@@H](Cc1c[nH]cn1)C(=O)O)[C@@H](C)O)[C@@H](C)O)[C@@H](C)O. The van der Waals surface area contributed by atoms with Crippen LogP contribution in [-0.2, 0) is 107 Å². The number of aromatic nitrogens is 2. The Morgan fingerprint density at radius 2 is 0.859 bits per heavy atom.